The van der Waals surface area contributed by atoms with Gasteiger partial charge < -0.3 is 5.73 Å². The summed E-state index contributed by atoms with van der Waals surface area (Å²) in [7, 11) is 0. The van der Waals surface area contributed by atoms with Crippen molar-refractivity contribution in [2.75, 3.05) is 0 Å². The molecule has 0 unspecified atom stereocenters. The standard InChI is InChI=1S/C22H17ClF2N2O2/c1-12-14(8-15(22(26)29)9-20(12)25)4-7-17-10-19(23)18(11-27-17)21(28)13-2-5-16(24)6-3-13/h2-3,5-6,8-11H,4,7H2,1H3,(H2,26,29). The minimum atomic E-state index is -0.699. The summed E-state index contributed by atoms with van der Waals surface area (Å²) < 4.78 is 27.0. The van der Waals surface area contributed by atoms with Crippen LogP contribution in [0.4, 0.5) is 8.78 Å². The molecule has 0 fully saturated rings. The fourth-order valence-electron chi connectivity index (χ4n) is 2.93. The van der Waals surface area contributed by atoms with Crippen molar-refractivity contribution in [2.45, 2.75) is 19.8 Å². The molecule has 2 aromatic carbocycles. The molecule has 3 rings (SSSR count). The Balaban J connectivity index is 1.79. The molecule has 29 heavy (non-hydrogen) atoms. The van der Waals surface area contributed by atoms with Gasteiger partial charge in [-0.3, -0.25) is 14.6 Å². The van der Waals surface area contributed by atoms with Crippen LogP contribution >= 0.6 is 11.6 Å². The molecule has 0 aliphatic rings. The van der Waals surface area contributed by atoms with Crippen LogP contribution in [-0.2, 0) is 12.8 Å². The Labute approximate surface area is 171 Å². The van der Waals surface area contributed by atoms with Crippen molar-refractivity contribution in [3.8, 4) is 0 Å². The van der Waals surface area contributed by atoms with Gasteiger partial charge in [-0.25, -0.2) is 8.78 Å². The molecule has 148 valence electrons. The van der Waals surface area contributed by atoms with Crippen LogP contribution in [0.2, 0.25) is 5.02 Å². The first-order valence-electron chi connectivity index (χ1n) is 8.79. The van der Waals surface area contributed by atoms with E-state index in [0.717, 1.165) is 6.07 Å². The van der Waals surface area contributed by atoms with Gasteiger partial charge in [0.15, 0.2) is 5.78 Å². The molecule has 0 bridgehead atoms. The highest BCUT2D eigenvalue weighted by atomic mass is 35.5. The van der Waals surface area contributed by atoms with Crippen LogP contribution < -0.4 is 5.73 Å². The van der Waals surface area contributed by atoms with Gasteiger partial charge in [0.05, 0.1) is 10.6 Å². The molecule has 0 aliphatic carbocycles. The molecule has 0 aliphatic heterocycles. The first-order valence-corrected chi connectivity index (χ1v) is 9.17. The number of nitrogens with zero attached hydrogens (tertiary/aromatic N) is 1. The maximum Gasteiger partial charge on any atom is 0.248 e. The first kappa shape index (κ1) is 20.6. The third-order valence-electron chi connectivity index (χ3n) is 4.65. The lowest BCUT2D eigenvalue weighted by molar-refractivity contribution is 0.0998. The number of pyridine rings is 1. The number of nitrogens with two attached hydrogens (primary N) is 1. The van der Waals surface area contributed by atoms with Crippen LogP contribution in [-0.4, -0.2) is 16.7 Å². The summed E-state index contributed by atoms with van der Waals surface area (Å²) in [6.45, 7) is 1.63. The number of carbonyl (C=O) groups excluding carboxylic acids is 2. The number of amides is 1. The lowest BCUT2D eigenvalue weighted by Crippen LogP contribution is -2.13. The summed E-state index contributed by atoms with van der Waals surface area (Å²) in [6.07, 6.45) is 2.21. The number of hydrogen-bond donors (Lipinski definition) is 1. The monoisotopic (exact) mass is 414 g/mol. The molecule has 1 aromatic heterocycles. The van der Waals surface area contributed by atoms with Crippen molar-refractivity contribution in [3.63, 3.8) is 0 Å². The average molecular weight is 415 g/mol. The van der Waals surface area contributed by atoms with Crippen molar-refractivity contribution in [3.05, 3.63) is 98.8 Å². The van der Waals surface area contributed by atoms with E-state index < -0.39 is 17.5 Å². The average Bonchev–Trinajstić information content (AvgIpc) is 2.69. The van der Waals surface area contributed by atoms with E-state index in [9.17, 15) is 18.4 Å². The van der Waals surface area contributed by atoms with Crippen molar-refractivity contribution in [1.82, 2.24) is 4.98 Å². The van der Waals surface area contributed by atoms with E-state index in [1.165, 1.54) is 30.5 Å². The fraction of sp³-hybridized carbons (Fsp3) is 0.136. The van der Waals surface area contributed by atoms with E-state index >= 15 is 0 Å². The number of aromatic nitrogens is 1. The summed E-state index contributed by atoms with van der Waals surface area (Å²) in [6, 6.07) is 9.41. The number of carbonyl (C=O) groups is 2. The van der Waals surface area contributed by atoms with E-state index in [-0.39, 0.29) is 21.9 Å². The largest absolute Gasteiger partial charge is 0.366 e. The predicted octanol–water partition coefficient (Wildman–Crippen LogP) is 4.44. The van der Waals surface area contributed by atoms with E-state index in [4.69, 9.17) is 17.3 Å². The number of aryl methyl sites for hydroxylation is 2. The number of rotatable bonds is 6. The van der Waals surface area contributed by atoms with Crippen LogP contribution in [0.15, 0.2) is 48.7 Å². The molecule has 3 aromatic rings. The van der Waals surface area contributed by atoms with E-state index in [0.29, 0.717) is 35.2 Å². The second kappa shape index (κ2) is 8.49. The highest BCUT2D eigenvalue weighted by Gasteiger charge is 2.15. The van der Waals surface area contributed by atoms with Gasteiger partial charge in [0.1, 0.15) is 11.6 Å². The summed E-state index contributed by atoms with van der Waals surface area (Å²) in [4.78, 5) is 28.1. The third kappa shape index (κ3) is 4.66. The highest BCUT2D eigenvalue weighted by Crippen LogP contribution is 2.22. The van der Waals surface area contributed by atoms with Crippen molar-refractivity contribution < 1.29 is 18.4 Å². The summed E-state index contributed by atoms with van der Waals surface area (Å²) in [5.74, 6) is -1.99. The molecular formula is C22H17ClF2N2O2. The molecular weight excluding hydrogens is 398 g/mol. The fourth-order valence-corrected chi connectivity index (χ4v) is 3.19. The molecule has 0 spiro atoms. The Bertz CT molecular complexity index is 1100. The zero-order valence-corrected chi connectivity index (χ0v) is 16.3. The molecule has 0 atom stereocenters. The van der Waals surface area contributed by atoms with Crippen LogP contribution in [0.3, 0.4) is 0 Å². The lowest BCUT2D eigenvalue weighted by Gasteiger charge is -2.10. The van der Waals surface area contributed by atoms with Crippen molar-refractivity contribution in [2.24, 2.45) is 5.73 Å². The Morgan fingerprint density at radius 3 is 2.34 bits per heavy atom. The van der Waals surface area contributed by atoms with Crippen LogP contribution in [0, 0.1) is 18.6 Å². The number of ketones is 1. The first-order chi connectivity index (χ1) is 13.8. The Morgan fingerprint density at radius 1 is 1.03 bits per heavy atom. The molecule has 0 radical (unpaired) electrons. The van der Waals surface area contributed by atoms with Gasteiger partial charge in [-0.1, -0.05) is 11.6 Å². The molecule has 0 saturated heterocycles. The van der Waals surface area contributed by atoms with Gasteiger partial charge in [-0.15, -0.1) is 0 Å². The molecule has 1 heterocycles. The van der Waals surface area contributed by atoms with E-state index in [1.807, 2.05) is 0 Å². The van der Waals surface area contributed by atoms with Gasteiger partial charge in [0, 0.05) is 23.0 Å². The van der Waals surface area contributed by atoms with Gasteiger partial charge >= 0.3 is 0 Å². The molecule has 2 N–H and O–H groups in total. The molecule has 7 heteroatoms. The molecule has 0 saturated carbocycles. The van der Waals surface area contributed by atoms with Crippen LogP contribution in [0.25, 0.3) is 0 Å². The van der Waals surface area contributed by atoms with Crippen LogP contribution in [0.5, 0.6) is 0 Å². The molecule has 4 nitrogen and oxygen atoms in total. The number of halogens is 3. The number of primary amides is 1. The summed E-state index contributed by atoms with van der Waals surface area (Å²) in [5, 5.41) is 0.220. The summed E-state index contributed by atoms with van der Waals surface area (Å²) >= 11 is 6.25. The summed E-state index contributed by atoms with van der Waals surface area (Å²) in [5.41, 5.74) is 7.54. The van der Waals surface area contributed by atoms with Crippen LogP contribution in [0.1, 0.15) is 43.1 Å². The Morgan fingerprint density at radius 2 is 1.72 bits per heavy atom. The van der Waals surface area contributed by atoms with Gasteiger partial charge in [-0.2, -0.15) is 0 Å². The number of benzene rings is 2. The van der Waals surface area contributed by atoms with Gasteiger partial charge in [0.2, 0.25) is 5.91 Å². The quantitative estimate of drug-likeness (QED) is 0.606. The maximum absolute atomic E-state index is 14.0. The second-order valence-electron chi connectivity index (χ2n) is 6.60. The van der Waals surface area contributed by atoms with Crippen molar-refractivity contribution >= 4 is 23.3 Å². The van der Waals surface area contributed by atoms with Gasteiger partial charge in [-0.05, 0) is 73.4 Å². The number of hydrogen-bond acceptors (Lipinski definition) is 3. The third-order valence-corrected chi connectivity index (χ3v) is 4.96. The minimum absolute atomic E-state index is 0.106. The lowest BCUT2D eigenvalue weighted by atomic mass is 9.98. The predicted molar refractivity (Wildman–Crippen MR) is 106 cm³/mol. The Hall–Kier alpha value is -3.12. The SMILES string of the molecule is Cc1c(F)cc(C(N)=O)cc1CCc1cc(Cl)c(C(=O)c2ccc(F)cc2)cn1. The topological polar surface area (TPSA) is 73.1 Å². The smallest absolute Gasteiger partial charge is 0.248 e. The highest BCUT2D eigenvalue weighted by molar-refractivity contribution is 6.34. The maximum atomic E-state index is 14.0. The second-order valence-corrected chi connectivity index (χ2v) is 7.01. The zero-order valence-electron chi connectivity index (χ0n) is 15.5. The van der Waals surface area contributed by atoms with E-state index in [1.54, 1.807) is 19.1 Å². The zero-order chi connectivity index (χ0) is 21.1. The Kier molecular flexibility index (Phi) is 6.03. The normalized spacial score (nSPS) is 10.8. The van der Waals surface area contributed by atoms with Crippen molar-refractivity contribution in [1.29, 1.82) is 0 Å². The van der Waals surface area contributed by atoms with E-state index in [2.05, 4.69) is 4.98 Å². The minimum Gasteiger partial charge on any atom is -0.366 e. The molecule has 1 amide bonds. The van der Waals surface area contributed by atoms with Gasteiger partial charge in [0.25, 0.3) is 0 Å².